The molecule has 0 saturated heterocycles. The number of ether oxygens (including phenoxy) is 1. The first kappa shape index (κ1) is 20.4. The van der Waals surface area contributed by atoms with Crippen molar-refractivity contribution in [2.24, 2.45) is 10.7 Å². The number of amides is 1. The number of aliphatic imine (C=N–C) groups is 1. The highest BCUT2D eigenvalue weighted by molar-refractivity contribution is 7.14. The van der Waals surface area contributed by atoms with E-state index in [4.69, 9.17) is 14.9 Å². The number of nitrogens with zero attached hydrogens (tertiary/aromatic N) is 2. The van der Waals surface area contributed by atoms with E-state index in [-0.39, 0.29) is 11.9 Å². The van der Waals surface area contributed by atoms with E-state index < -0.39 is 0 Å². The smallest absolute Gasteiger partial charge is 0.217 e. The second kappa shape index (κ2) is 9.74. The molecule has 1 aromatic carbocycles. The molecular formula is C20H23N5O3S. The lowest BCUT2D eigenvalue weighted by molar-refractivity contribution is -0.119. The van der Waals surface area contributed by atoms with E-state index in [2.05, 4.69) is 20.6 Å². The summed E-state index contributed by atoms with van der Waals surface area (Å²) < 4.78 is 11.3. The summed E-state index contributed by atoms with van der Waals surface area (Å²) >= 11 is 1.40. The number of hydrogen-bond donors (Lipinski definition) is 3. The zero-order chi connectivity index (χ0) is 20.6. The van der Waals surface area contributed by atoms with E-state index in [1.165, 1.54) is 18.3 Å². The van der Waals surface area contributed by atoms with E-state index in [9.17, 15) is 4.79 Å². The van der Waals surface area contributed by atoms with Gasteiger partial charge in [0.2, 0.25) is 5.91 Å². The van der Waals surface area contributed by atoms with E-state index in [1.807, 2.05) is 48.7 Å². The van der Waals surface area contributed by atoms with Crippen LogP contribution in [0.2, 0.25) is 0 Å². The Morgan fingerprint density at radius 3 is 2.93 bits per heavy atom. The van der Waals surface area contributed by atoms with Crippen molar-refractivity contribution in [3.05, 3.63) is 53.1 Å². The number of rotatable bonds is 8. The van der Waals surface area contributed by atoms with Gasteiger partial charge in [-0.3, -0.25) is 4.79 Å². The molecule has 2 heterocycles. The lowest BCUT2D eigenvalue weighted by Crippen LogP contribution is -2.22. The molecule has 9 heteroatoms. The average Bonchev–Trinajstić information content (AvgIpc) is 3.35. The van der Waals surface area contributed by atoms with E-state index in [0.717, 1.165) is 11.3 Å². The largest absolute Gasteiger partial charge is 0.494 e. The molecule has 0 fully saturated rings. The molecule has 0 radical (unpaired) electrons. The van der Waals surface area contributed by atoms with Gasteiger partial charge in [0.05, 0.1) is 19.7 Å². The van der Waals surface area contributed by atoms with Gasteiger partial charge < -0.3 is 25.5 Å². The third-order valence-electron chi connectivity index (χ3n) is 3.86. The number of nitrogens with one attached hydrogen (secondary N) is 2. The average molecular weight is 414 g/mol. The Bertz CT molecular complexity index is 995. The van der Waals surface area contributed by atoms with Gasteiger partial charge in [-0.25, -0.2) is 9.98 Å². The Kier molecular flexibility index (Phi) is 6.85. The van der Waals surface area contributed by atoms with Crippen molar-refractivity contribution in [1.82, 2.24) is 10.3 Å². The lowest BCUT2D eigenvalue weighted by atomic mass is 10.2. The van der Waals surface area contributed by atoms with Crippen molar-refractivity contribution in [3.63, 3.8) is 0 Å². The summed E-state index contributed by atoms with van der Waals surface area (Å²) in [4.78, 5) is 19.8. The van der Waals surface area contributed by atoms with Crippen LogP contribution in [-0.4, -0.2) is 23.5 Å². The van der Waals surface area contributed by atoms with Crippen molar-refractivity contribution >= 4 is 28.3 Å². The number of furan rings is 1. The van der Waals surface area contributed by atoms with Crippen LogP contribution >= 0.6 is 11.3 Å². The van der Waals surface area contributed by atoms with Gasteiger partial charge in [-0.15, -0.1) is 11.3 Å². The minimum absolute atomic E-state index is 0.110. The molecule has 29 heavy (non-hydrogen) atoms. The van der Waals surface area contributed by atoms with Crippen molar-refractivity contribution in [2.75, 3.05) is 11.9 Å². The zero-order valence-corrected chi connectivity index (χ0v) is 17.1. The maximum atomic E-state index is 11.0. The maximum Gasteiger partial charge on any atom is 0.217 e. The fraction of sp³-hybridized carbons (Fsp3) is 0.250. The second-order valence-electron chi connectivity index (χ2n) is 6.08. The zero-order valence-electron chi connectivity index (χ0n) is 16.3. The molecule has 3 aromatic rings. The van der Waals surface area contributed by atoms with Crippen molar-refractivity contribution in [2.45, 2.75) is 26.9 Å². The Morgan fingerprint density at radius 2 is 2.14 bits per heavy atom. The molecule has 2 aromatic heterocycles. The fourth-order valence-electron chi connectivity index (χ4n) is 2.52. The fourth-order valence-corrected chi connectivity index (χ4v) is 3.22. The lowest BCUT2D eigenvalue weighted by Gasteiger charge is -2.08. The molecular weight excluding hydrogens is 390 g/mol. The summed E-state index contributed by atoms with van der Waals surface area (Å²) in [5, 5.41) is 8.16. The molecule has 0 atom stereocenters. The number of carbonyl (C=O) groups excluding carboxylic acids is 1. The molecule has 8 nitrogen and oxygen atoms in total. The minimum Gasteiger partial charge on any atom is -0.494 e. The highest BCUT2D eigenvalue weighted by Crippen LogP contribution is 2.26. The van der Waals surface area contributed by atoms with Gasteiger partial charge in [0.25, 0.3) is 0 Å². The van der Waals surface area contributed by atoms with Gasteiger partial charge in [-0.05, 0) is 25.1 Å². The summed E-state index contributed by atoms with van der Waals surface area (Å²) in [6, 6.07) is 11.4. The Morgan fingerprint density at radius 1 is 1.31 bits per heavy atom. The summed E-state index contributed by atoms with van der Waals surface area (Å²) in [6.45, 7) is 4.74. The summed E-state index contributed by atoms with van der Waals surface area (Å²) in [5.74, 6) is 2.24. The van der Waals surface area contributed by atoms with Crippen LogP contribution in [0.3, 0.4) is 0 Å². The molecule has 1 amide bonds. The molecule has 0 aliphatic heterocycles. The van der Waals surface area contributed by atoms with Gasteiger partial charge in [-0.2, -0.15) is 0 Å². The van der Waals surface area contributed by atoms with Crippen molar-refractivity contribution < 1.29 is 13.9 Å². The predicted octanol–water partition coefficient (Wildman–Crippen LogP) is 3.36. The molecule has 3 rings (SSSR count). The normalized spacial score (nSPS) is 11.3. The van der Waals surface area contributed by atoms with E-state index in [0.29, 0.717) is 42.0 Å². The second-order valence-corrected chi connectivity index (χ2v) is 6.94. The topological polar surface area (TPSA) is 115 Å². The Hall–Kier alpha value is -3.33. The predicted molar refractivity (Wildman–Crippen MR) is 114 cm³/mol. The van der Waals surface area contributed by atoms with E-state index >= 15 is 0 Å². The van der Waals surface area contributed by atoms with Crippen LogP contribution in [-0.2, 0) is 17.9 Å². The first-order valence-corrected chi connectivity index (χ1v) is 9.99. The molecule has 0 aliphatic rings. The molecule has 0 saturated carbocycles. The van der Waals surface area contributed by atoms with E-state index in [1.54, 1.807) is 0 Å². The quantitative estimate of drug-likeness (QED) is 0.385. The summed E-state index contributed by atoms with van der Waals surface area (Å²) in [7, 11) is 0. The molecule has 0 bridgehead atoms. The third-order valence-corrected chi connectivity index (χ3v) is 4.61. The molecule has 0 aliphatic carbocycles. The number of thiazole rings is 1. The standard InChI is InChI=1S/C20H23N5O3S/c1-3-27-17-7-5-4-6-14(17)10-23-19(21)25-20-24-16(12-29-20)18-9-8-15(28-18)11-22-13(2)26/h4-9,12H,3,10-11H2,1-2H3,(H,22,26)(H3,21,23,24,25). The minimum atomic E-state index is -0.110. The summed E-state index contributed by atoms with van der Waals surface area (Å²) in [6.07, 6.45) is 0. The third kappa shape index (κ3) is 5.82. The molecule has 4 N–H and O–H groups in total. The van der Waals surface area contributed by atoms with Crippen molar-refractivity contribution in [1.29, 1.82) is 0 Å². The van der Waals surface area contributed by atoms with Crippen LogP contribution in [0, 0.1) is 0 Å². The number of carbonyl (C=O) groups is 1. The van der Waals surface area contributed by atoms with Crippen LogP contribution in [0.1, 0.15) is 25.2 Å². The highest BCUT2D eigenvalue weighted by atomic mass is 32.1. The number of para-hydroxylation sites is 1. The van der Waals surface area contributed by atoms with Crippen LogP contribution in [0.25, 0.3) is 11.5 Å². The van der Waals surface area contributed by atoms with Crippen LogP contribution < -0.4 is 21.1 Å². The van der Waals surface area contributed by atoms with Gasteiger partial charge >= 0.3 is 0 Å². The molecule has 0 spiro atoms. The van der Waals surface area contributed by atoms with Crippen LogP contribution in [0.15, 0.2) is 51.2 Å². The number of benzene rings is 1. The highest BCUT2D eigenvalue weighted by Gasteiger charge is 2.10. The monoisotopic (exact) mass is 413 g/mol. The number of nitrogens with two attached hydrogens (primary N) is 1. The van der Waals surface area contributed by atoms with Gasteiger partial charge in [-0.1, -0.05) is 18.2 Å². The number of guanidine groups is 1. The first-order valence-electron chi connectivity index (χ1n) is 9.12. The number of hydrogen-bond acceptors (Lipinski definition) is 6. The Balaban J connectivity index is 1.61. The molecule has 0 unspecified atom stereocenters. The van der Waals surface area contributed by atoms with Crippen LogP contribution in [0.5, 0.6) is 5.75 Å². The first-order chi connectivity index (χ1) is 14.0. The van der Waals surface area contributed by atoms with Gasteiger partial charge in [0, 0.05) is 17.9 Å². The van der Waals surface area contributed by atoms with Gasteiger partial charge in [0.1, 0.15) is 17.2 Å². The maximum absolute atomic E-state index is 11.0. The summed E-state index contributed by atoms with van der Waals surface area (Å²) in [5.41, 5.74) is 7.64. The Labute approximate surface area is 172 Å². The molecule has 152 valence electrons. The van der Waals surface area contributed by atoms with Crippen molar-refractivity contribution in [3.8, 4) is 17.2 Å². The number of aromatic nitrogens is 1. The number of anilines is 1. The van der Waals surface area contributed by atoms with Gasteiger partial charge in [0.15, 0.2) is 16.9 Å². The SMILES string of the molecule is CCOc1ccccc1CN=C(N)Nc1nc(-c2ccc(CNC(C)=O)o2)cs1. The van der Waals surface area contributed by atoms with Crippen LogP contribution in [0.4, 0.5) is 5.13 Å².